The quantitative estimate of drug-likeness (QED) is 0.885. The molecule has 0 saturated heterocycles. The summed E-state index contributed by atoms with van der Waals surface area (Å²) >= 11 is 0. The van der Waals surface area contributed by atoms with Crippen molar-refractivity contribution in [2.75, 3.05) is 20.8 Å². The Morgan fingerprint density at radius 2 is 1.70 bits per heavy atom. The molecule has 27 heavy (non-hydrogen) atoms. The average Bonchev–Trinajstić information content (AvgIpc) is 2.65. The van der Waals surface area contributed by atoms with Gasteiger partial charge in [-0.25, -0.2) is 4.79 Å². The van der Waals surface area contributed by atoms with Gasteiger partial charge in [-0.3, -0.25) is 0 Å². The second-order valence-electron chi connectivity index (χ2n) is 7.84. The molecule has 5 nitrogen and oxygen atoms in total. The number of amides is 2. The number of hydrogen-bond acceptors (Lipinski definition) is 3. The van der Waals surface area contributed by atoms with Crippen molar-refractivity contribution in [2.45, 2.75) is 38.8 Å². The van der Waals surface area contributed by atoms with Crippen LogP contribution >= 0.6 is 0 Å². The van der Waals surface area contributed by atoms with Gasteiger partial charge >= 0.3 is 6.03 Å². The van der Waals surface area contributed by atoms with E-state index in [2.05, 4.69) is 17.4 Å². The number of carbonyl (C=O) groups excluding carboxylic acids is 1. The van der Waals surface area contributed by atoms with E-state index in [9.17, 15) is 4.79 Å². The third-order valence-electron chi connectivity index (χ3n) is 4.73. The Hall–Kier alpha value is -2.69. The maximum Gasteiger partial charge on any atom is 0.318 e. The van der Waals surface area contributed by atoms with Crippen LogP contribution in [0.3, 0.4) is 0 Å². The lowest BCUT2D eigenvalue weighted by atomic mass is 9.87. The number of nitrogens with zero attached hydrogens (tertiary/aromatic N) is 1. The Bertz CT molecular complexity index is 812. The molecule has 1 atom stereocenters. The van der Waals surface area contributed by atoms with Gasteiger partial charge < -0.3 is 19.7 Å². The Kier molecular flexibility index (Phi) is 5.31. The van der Waals surface area contributed by atoms with Crippen molar-refractivity contribution in [1.82, 2.24) is 10.2 Å². The van der Waals surface area contributed by atoms with Gasteiger partial charge in [0.25, 0.3) is 0 Å². The maximum atomic E-state index is 13.0. The minimum Gasteiger partial charge on any atom is -0.493 e. The first-order valence-corrected chi connectivity index (χ1v) is 9.22. The van der Waals surface area contributed by atoms with Crippen molar-refractivity contribution in [2.24, 2.45) is 0 Å². The molecule has 2 aromatic rings. The van der Waals surface area contributed by atoms with Gasteiger partial charge in [0.05, 0.1) is 20.3 Å². The van der Waals surface area contributed by atoms with E-state index in [0.29, 0.717) is 12.3 Å². The molecule has 2 amide bonds. The molecule has 3 rings (SSSR count). The Morgan fingerprint density at radius 3 is 2.30 bits per heavy atom. The van der Waals surface area contributed by atoms with Crippen LogP contribution in [0.25, 0.3) is 0 Å². The van der Waals surface area contributed by atoms with Gasteiger partial charge in [-0.1, -0.05) is 30.3 Å². The highest BCUT2D eigenvalue weighted by Gasteiger charge is 2.34. The first-order valence-electron chi connectivity index (χ1n) is 9.22. The Labute approximate surface area is 161 Å². The summed E-state index contributed by atoms with van der Waals surface area (Å²) in [6, 6.07) is 13.9. The molecule has 5 heteroatoms. The second kappa shape index (κ2) is 7.51. The van der Waals surface area contributed by atoms with Crippen molar-refractivity contribution in [3.63, 3.8) is 0 Å². The van der Waals surface area contributed by atoms with Crippen LogP contribution in [-0.2, 0) is 6.42 Å². The van der Waals surface area contributed by atoms with E-state index in [1.807, 2.05) is 56.0 Å². The zero-order valence-corrected chi connectivity index (χ0v) is 16.7. The summed E-state index contributed by atoms with van der Waals surface area (Å²) in [5, 5.41) is 3.10. The lowest BCUT2D eigenvalue weighted by Gasteiger charge is -2.39. The number of ether oxygens (including phenoxy) is 2. The van der Waals surface area contributed by atoms with E-state index in [4.69, 9.17) is 9.47 Å². The highest BCUT2D eigenvalue weighted by molar-refractivity contribution is 5.77. The normalized spacial score (nSPS) is 16.5. The molecule has 0 unspecified atom stereocenters. The summed E-state index contributed by atoms with van der Waals surface area (Å²) < 4.78 is 11.0. The molecule has 1 aliphatic heterocycles. The fourth-order valence-electron chi connectivity index (χ4n) is 3.55. The molecule has 2 aromatic carbocycles. The molecule has 0 saturated carbocycles. The topological polar surface area (TPSA) is 50.8 Å². The number of benzene rings is 2. The highest BCUT2D eigenvalue weighted by Crippen LogP contribution is 2.41. The number of fused-ring (bicyclic) bond motifs is 1. The lowest BCUT2D eigenvalue weighted by Crippen LogP contribution is -2.51. The maximum absolute atomic E-state index is 13.0. The molecule has 1 N–H and O–H groups in total. The van der Waals surface area contributed by atoms with Crippen LogP contribution in [0.5, 0.6) is 11.5 Å². The number of urea groups is 1. The molecular weight excluding hydrogens is 340 g/mol. The minimum absolute atomic E-state index is 0.0585. The number of nitrogens with one attached hydrogen (secondary N) is 1. The Balaban J connectivity index is 2.10. The summed E-state index contributed by atoms with van der Waals surface area (Å²) in [6.45, 7) is 6.63. The van der Waals surface area contributed by atoms with E-state index in [-0.39, 0.29) is 17.6 Å². The van der Waals surface area contributed by atoms with Crippen LogP contribution < -0.4 is 14.8 Å². The predicted molar refractivity (Wildman–Crippen MR) is 107 cm³/mol. The summed E-state index contributed by atoms with van der Waals surface area (Å²) in [6.07, 6.45) is 0.774. The summed E-state index contributed by atoms with van der Waals surface area (Å²) in [7, 11) is 3.28. The molecule has 0 fully saturated rings. The molecule has 0 aliphatic carbocycles. The van der Waals surface area contributed by atoms with Gasteiger partial charge in [-0.15, -0.1) is 0 Å². The van der Waals surface area contributed by atoms with Crippen molar-refractivity contribution < 1.29 is 14.3 Å². The number of methoxy groups -OCH3 is 2. The molecule has 144 valence electrons. The molecule has 1 aliphatic rings. The number of carbonyl (C=O) groups is 1. The molecule has 0 aromatic heterocycles. The fraction of sp³-hybridized carbons (Fsp3) is 0.409. The van der Waals surface area contributed by atoms with Crippen LogP contribution in [0.15, 0.2) is 42.5 Å². The third-order valence-corrected chi connectivity index (χ3v) is 4.73. The van der Waals surface area contributed by atoms with Gasteiger partial charge in [-0.2, -0.15) is 0 Å². The van der Waals surface area contributed by atoms with Gasteiger partial charge in [0.1, 0.15) is 0 Å². The van der Waals surface area contributed by atoms with Crippen LogP contribution in [0.1, 0.15) is 43.5 Å². The molecule has 0 radical (unpaired) electrons. The van der Waals surface area contributed by atoms with Crippen LogP contribution in [0, 0.1) is 0 Å². The molecule has 0 bridgehead atoms. The van der Waals surface area contributed by atoms with Gasteiger partial charge in [0, 0.05) is 12.1 Å². The smallest absolute Gasteiger partial charge is 0.318 e. The number of hydrogen-bond donors (Lipinski definition) is 1. The third kappa shape index (κ3) is 4.02. The van der Waals surface area contributed by atoms with Crippen molar-refractivity contribution >= 4 is 6.03 Å². The van der Waals surface area contributed by atoms with Crippen molar-refractivity contribution in [3.8, 4) is 11.5 Å². The van der Waals surface area contributed by atoms with Gasteiger partial charge in [-0.05, 0) is 56.0 Å². The zero-order valence-electron chi connectivity index (χ0n) is 16.7. The lowest BCUT2D eigenvalue weighted by molar-refractivity contribution is 0.171. The van der Waals surface area contributed by atoms with E-state index in [1.54, 1.807) is 14.2 Å². The predicted octanol–water partition coefficient (Wildman–Crippen LogP) is 4.16. The van der Waals surface area contributed by atoms with E-state index >= 15 is 0 Å². The van der Waals surface area contributed by atoms with Gasteiger partial charge in [0.15, 0.2) is 11.5 Å². The molecular formula is C22H28N2O3. The van der Waals surface area contributed by atoms with E-state index in [0.717, 1.165) is 23.3 Å². The van der Waals surface area contributed by atoms with Crippen LogP contribution in [0.4, 0.5) is 4.79 Å². The van der Waals surface area contributed by atoms with Crippen molar-refractivity contribution in [1.29, 1.82) is 0 Å². The van der Waals surface area contributed by atoms with Crippen LogP contribution in [-0.4, -0.2) is 37.2 Å². The first-order chi connectivity index (χ1) is 12.8. The van der Waals surface area contributed by atoms with Crippen molar-refractivity contribution in [3.05, 3.63) is 59.2 Å². The van der Waals surface area contributed by atoms with Crippen LogP contribution in [0.2, 0.25) is 0 Å². The number of rotatable bonds is 3. The second-order valence-corrected chi connectivity index (χ2v) is 7.84. The van der Waals surface area contributed by atoms with Gasteiger partial charge in [0.2, 0.25) is 0 Å². The Morgan fingerprint density at radius 1 is 1.07 bits per heavy atom. The zero-order chi connectivity index (χ0) is 19.6. The summed E-state index contributed by atoms with van der Waals surface area (Å²) in [5.41, 5.74) is 3.04. The monoisotopic (exact) mass is 368 g/mol. The minimum atomic E-state index is -0.295. The average molecular weight is 368 g/mol. The summed E-state index contributed by atoms with van der Waals surface area (Å²) in [5.74, 6) is 1.39. The van der Waals surface area contributed by atoms with E-state index in [1.165, 1.54) is 5.56 Å². The molecule has 1 heterocycles. The van der Waals surface area contributed by atoms with E-state index < -0.39 is 0 Å². The summed E-state index contributed by atoms with van der Waals surface area (Å²) in [4.78, 5) is 15.0. The fourth-order valence-corrected chi connectivity index (χ4v) is 3.55. The molecule has 0 spiro atoms. The SMILES string of the molecule is COc1cc2c(cc1OC)[C@@H](c1ccccc1)N(C(=O)NC(C)(C)C)CC2. The largest absolute Gasteiger partial charge is 0.493 e. The highest BCUT2D eigenvalue weighted by atomic mass is 16.5. The standard InChI is InChI=1S/C22H28N2O3/c1-22(2,3)23-21(25)24-12-11-16-13-18(26-4)19(27-5)14-17(16)20(24)15-9-7-6-8-10-15/h6-10,13-14,20H,11-12H2,1-5H3,(H,23,25)/t20-/m1/s1. The first kappa shape index (κ1) is 19.1.